The van der Waals surface area contributed by atoms with Crippen molar-refractivity contribution in [1.82, 2.24) is 9.97 Å². The summed E-state index contributed by atoms with van der Waals surface area (Å²) in [5.41, 5.74) is 7.38. The first kappa shape index (κ1) is 21.1. The van der Waals surface area contributed by atoms with Gasteiger partial charge in [0.1, 0.15) is 5.69 Å². The maximum Gasteiger partial charge on any atom is 0.354 e. The van der Waals surface area contributed by atoms with Crippen molar-refractivity contribution in [3.05, 3.63) is 96.1 Å². The molecule has 3 aromatic heterocycles. The third kappa shape index (κ3) is 3.93. The fourth-order valence-corrected chi connectivity index (χ4v) is 4.30. The smallest absolute Gasteiger partial charge is 0.354 e. The van der Waals surface area contributed by atoms with Gasteiger partial charge in [0.05, 0.1) is 5.52 Å². The molecule has 0 amide bonds. The number of rotatable bonds is 2. The molecule has 1 N–H and O–H groups in total. The molecule has 6 rings (SSSR count). The number of carboxylic acid groups (broad SMARTS) is 1. The van der Waals surface area contributed by atoms with E-state index in [1.807, 2.05) is 11.4 Å². The standard InChI is InChI=1S/C19H10NS.C6H5NO2.Ir/c1-2-6-13-12(5-1)14-7-3-8-16-19(14)15(13)11-17(20-16)18-9-4-10-21-18;8-6(9)5-3-1-2-4-7-5;/h1-8,10-11H;1-4H,(H,8,9);/q-1;;. The van der Waals surface area contributed by atoms with Gasteiger partial charge < -0.3 is 10.1 Å². The third-order valence-electron chi connectivity index (χ3n) is 4.93. The molecule has 3 heterocycles. The molecule has 0 spiro atoms. The van der Waals surface area contributed by atoms with Crippen molar-refractivity contribution in [3.8, 4) is 32.8 Å². The number of hydrogen-bond acceptors (Lipinski definition) is 4. The molecule has 0 fully saturated rings. The number of pyridine rings is 2. The molecule has 6 heteroatoms. The molecule has 1 radical (unpaired) electrons. The van der Waals surface area contributed by atoms with Gasteiger partial charge in [-0.1, -0.05) is 53.4 Å². The van der Waals surface area contributed by atoms with Crippen LogP contribution in [-0.4, -0.2) is 21.0 Å². The number of nitrogens with zero attached hydrogens (tertiary/aromatic N) is 2. The van der Waals surface area contributed by atoms with Crippen LogP contribution in [0.1, 0.15) is 10.5 Å². The molecule has 153 valence electrons. The van der Waals surface area contributed by atoms with Gasteiger partial charge in [-0.3, -0.25) is 0 Å². The van der Waals surface area contributed by atoms with Crippen molar-refractivity contribution in [3.63, 3.8) is 0 Å². The van der Waals surface area contributed by atoms with Crippen LogP contribution in [0.4, 0.5) is 0 Å². The summed E-state index contributed by atoms with van der Waals surface area (Å²) in [6.07, 6.45) is 1.45. The first-order chi connectivity index (χ1) is 14.7. The molecule has 0 saturated carbocycles. The quantitative estimate of drug-likeness (QED) is 0.241. The topological polar surface area (TPSA) is 63.1 Å². The first-order valence-corrected chi connectivity index (χ1v) is 10.2. The molecule has 4 nitrogen and oxygen atoms in total. The van der Waals surface area contributed by atoms with E-state index in [1.165, 1.54) is 39.9 Å². The van der Waals surface area contributed by atoms with Gasteiger partial charge in [0.15, 0.2) is 0 Å². The van der Waals surface area contributed by atoms with Crippen molar-refractivity contribution in [1.29, 1.82) is 0 Å². The van der Waals surface area contributed by atoms with E-state index in [0.717, 1.165) is 16.1 Å². The van der Waals surface area contributed by atoms with E-state index in [9.17, 15) is 4.79 Å². The Bertz CT molecular complexity index is 1370. The largest absolute Gasteiger partial charge is 0.477 e. The third-order valence-corrected chi connectivity index (χ3v) is 5.76. The maximum atomic E-state index is 10.1. The molecule has 0 aliphatic heterocycles. The monoisotopic (exact) mass is 600 g/mol. The van der Waals surface area contributed by atoms with Crippen LogP contribution < -0.4 is 0 Å². The average molecular weight is 600 g/mol. The fraction of sp³-hybridized carbons (Fsp3) is 0. The molecule has 0 saturated heterocycles. The molecular weight excluding hydrogens is 585 g/mol. The number of carbonyl (C=O) groups is 1. The van der Waals surface area contributed by atoms with Crippen LogP contribution in [0, 0.1) is 6.07 Å². The summed E-state index contributed by atoms with van der Waals surface area (Å²) in [5.74, 6) is -0.990. The Labute approximate surface area is 196 Å². The normalized spacial score (nSPS) is 10.6. The first-order valence-electron chi connectivity index (χ1n) is 9.36. The summed E-state index contributed by atoms with van der Waals surface area (Å²) in [7, 11) is 0. The molecule has 1 aliphatic carbocycles. The van der Waals surface area contributed by atoms with Gasteiger partial charge in [0, 0.05) is 31.7 Å². The number of hydrogen-bond donors (Lipinski definition) is 1. The fourth-order valence-electron chi connectivity index (χ4n) is 3.66. The molecule has 0 bridgehead atoms. The summed E-state index contributed by atoms with van der Waals surface area (Å²) >= 11 is 1.68. The van der Waals surface area contributed by atoms with Gasteiger partial charge in [-0.25, -0.2) is 21.1 Å². The second-order valence-electron chi connectivity index (χ2n) is 6.71. The molecule has 0 atom stereocenters. The predicted molar refractivity (Wildman–Crippen MR) is 120 cm³/mol. The van der Waals surface area contributed by atoms with E-state index < -0.39 is 5.97 Å². The Balaban J connectivity index is 0.000000198. The summed E-state index contributed by atoms with van der Waals surface area (Å²) in [5, 5.41) is 11.6. The van der Waals surface area contributed by atoms with Crippen molar-refractivity contribution in [2.75, 3.05) is 0 Å². The van der Waals surface area contributed by atoms with Gasteiger partial charge in [-0.05, 0) is 46.1 Å². The average Bonchev–Trinajstić information content (AvgIpc) is 3.44. The summed E-state index contributed by atoms with van der Waals surface area (Å²) in [4.78, 5) is 19.7. The number of fused-ring (bicyclic) bond motifs is 3. The maximum absolute atomic E-state index is 10.1. The summed E-state index contributed by atoms with van der Waals surface area (Å²) < 4.78 is 0. The Kier molecular flexibility index (Phi) is 6.05. The van der Waals surface area contributed by atoms with Gasteiger partial charge in [-0.2, -0.15) is 12.1 Å². The van der Waals surface area contributed by atoms with Crippen LogP contribution in [0.5, 0.6) is 0 Å². The van der Waals surface area contributed by atoms with Crippen molar-refractivity contribution in [2.24, 2.45) is 0 Å². The minimum absolute atomic E-state index is 0. The minimum Gasteiger partial charge on any atom is -0.477 e. The number of carboxylic acids is 1. The zero-order valence-corrected chi connectivity index (χ0v) is 19.3. The van der Waals surface area contributed by atoms with Crippen molar-refractivity contribution in [2.45, 2.75) is 0 Å². The van der Waals surface area contributed by atoms with Crippen molar-refractivity contribution >= 4 is 28.2 Å². The Hall–Kier alpha value is -3.18. The van der Waals surface area contributed by atoms with Crippen LogP contribution in [0.25, 0.3) is 43.7 Å². The molecule has 5 aromatic rings. The van der Waals surface area contributed by atoms with Gasteiger partial charge in [-0.15, -0.1) is 5.38 Å². The number of benzene rings is 2. The van der Waals surface area contributed by atoms with E-state index >= 15 is 0 Å². The van der Waals surface area contributed by atoms with E-state index in [-0.39, 0.29) is 25.8 Å². The van der Waals surface area contributed by atoms with Crippen LogP contribution in [0.2, 0.25) is 0 Å². The second-order valence-corrected chi connectivity index (χ2v) is 7.63. The Morgan fingerprint density at radius 3 is 2.29 bits per heavy atom. The van der Waals surface area contributed by atoms with Gasteiger partial charge >= 0.3 is 5.97 Å². The van der Waals surface area contributed by atoms with Gasteiger partial charge in [0.25, 0.3) is 0 Å². The minimum atomic E-state index is -0.990. The Morgan fingerprint density at radius 1 is 0.903 bits per heavy atom. The predicted octanol–water partition coefficient (Wildman–Crippen LogP) is 6.19. The number of aromatic carboxylic acids is 1. The molecule has 2 aromatic carbocycles. The van der Waals surface area contributed by atoms with Crippen LogP contribution >= 0.6 is 11.3 Å². The molecule has 31 heavy (non-hydrogen) atoms. The number of thiophene rings is 1. The van der Waals surface area contributed by atoms with E-state index in [4.69, 9.17) is 10.1 Å². The summed E-state index contributed by atoms with van der Waals surface area (Å²) in [6.45, 7) is 0. The SMILES string of the molecule is O=C(O)c1ccccn1.[Ir].[c-]1ccsc1-c1cc2c3c(cccc3n1)-c1ccccc1-2. The zero-order chi connectivity index (χ0) is 20.5. The van der Waals surface area contributed by atoms with Gasteiger partial charge in [0.2, 0.25) is 0 Å². The van der Waals surface area contributed by atoms with E-state index in [1.54, 1.807) is 23.5 Å². The van der Waals surface area contributed by atoms with Crippen LogP contribution in [-0.2, 0) is 20.1 Å². The molecule has 0 unspecified atom stereocenters. The summed E-state index contributed by atoms with van der Waals surface area (Å²) in [6, 6.07) is 27.2. The van der Waals surface area contributed by atoms with E-state index in [2.05, 4.69) is 59.6 Å². The Morgan fingerprint density at radius 2 is 1.65 bits per heavy atom. The molecule has 1 aliphatic rings. The number of aromatic nitrogens is 2. The zero-order valence-electron chi connectivity index (χ0n) is 16.1. The van der Waals surface area contributed by atoms with Crippen LogP contribution in [0.3, 0.4) is 0 Å². The molecular formula is C25H15IrN2O2S-. The second kappa shape index (κ2) is 8.90. The van der Waals surface area contributed by atoms with Crippen molar-refractivity contribution < 1.29 is 30.0 Å². The van der Waals surface area contributed by atoms with E-state index in [0.29, 0.717) is 0 Å². The van der Waals surface area contributed by atoms with Crippen LogP contribution in [0.15, 0.2) is 84.4 Å².